The maximum absolute atomic E-state index is 12.0. The molecule has 0 aromatic heterocycles. The minimum atomic E-state index is -0.0309. The molecule has 0 spiro atoms. The number of carbonyl (C=O) groups is 1. The van der Waals surface area contributed by atoms with Gasteiger partial charge in [-0.05, 0) is 61.1 Å². The second-order valence-corrected chi connectivity index (χ2v) is 6.35. The minimum absolute atomic E-state index is 0.0309. The van der Waals surface area contributed by atoms with Gasteiger partial charge in [-0.25, -0.2) is 0 Å². The van der Waals surface area contributed by atoms with Crippen LogP contribution in [0.4, 0.5) is 5.69 Å². The largest absolute Gasteiger partial charge is 0.493 e. The van der Waals surface area contributed by atoms with Crippen molar-refractivity contribution in [2.45, 2.75) is 46.5 Å². The number of nitrogens with one attached hydrogen (secondary N) is 1. The number of ether oxygens (including phenoxy) is 1. The first kappa shape index (κ1) is 18.1. The second kappa shape index (κ2) is 8.53. The smallest absolute Gasteiger partial charge is 0.227 e. The molecule has 0 heterocycles. The Morgan fingerprint density at radius 2 is 1.83 bits per heavy atom. The van der Waals surface area contributed by atoms with E-state index in [-0.39, 0.29) is 5.91 Å². The van der Waals surface area contributed by atoms with Crippen molar-refractivity contribution in [1.82, 2.24) is 0 Å². The van der Waals surface area contributed by atoms with Crippen LogP contribution in [-0.4, -0.2) is 12.5 Å². The van der Waals surface area contributed by atoms with E-state index in [0.29, 0.717) is 18.9 Å². The average Bonchev–Trinajstić information content (AvgIpc) is 2.58. The predicted octanol–water partition coefficient (Wildman–Crippen LogP) is 5.22. The molecule has 0 bridgehead atoms. The Labute approximate surface area is 145 Å². The molecule has 0 aliphatic heterocycles. The molecule has 24 heavy (non-hydrogen) atoms. The van der Waals surface area contributed by atoms with E-state index in [4.69, 9.17) is 4.74 Å². The van der Waals surface area contributed by atoms with Gasteiger partial charge in [0, 0.05) is 5.69 Å². The third kappa shape index (κ3) is 5.12. The summed E-state index contributed by atoms with van der Waals surface area (Å²) in [6.07, 6.45) is 1.45. The SMILES string of the molecule is CC[C@@H](C)c1ccc(NC(=O)CCOc2cc(C)ccc2C)cc1. The zero-order chi connectivity index (χ0) is 17.5. The molecule has 3 nitrogen and oxygen atoms in total. The van der Waals surface area contributed by atoms with E-state index in [9.17, 15) is 4.79 Å². The second-order valence-electron chi connectivity index (χ2n) is 6.35. The third-order valence-electron chi connectivity index (χ3n) is 4.31. The molecule has 0 saturated heterocycles. The first-order chi connectivity index (χ1) is 11.5. The van der Waals surface area contributed by atoms with E-state index in [1.807, 2.05) is 38.1 Å². The number of anilines is 1. The summed E-state index contributed by atoms with van der Waals surface area (Å²) in [7, 11) is 0. The number of rotatable bonds is 7. The van der Waals surface area contributed by atoms with Gasteiger partial charge in [-0.3, -0.25) is 4.79 Å². The normalized spacial score (nSPS) is 11.8. The van der Waals surface area contributed by atoms with Crippen molar-refractivity contribution in [3.63, 3.8) is 0 Å². The highest BCUT2D eigenvalue weighted by Crippen LogP contribution is 2.21. The van der Waals surface area contributed by atoms with E-state index in [2.05, 4.69) is 37.4 Å². The lowest BCUT2D eigenvalue weighted by Crippen LogP contribution is -2.15. The molecule has 1 N–H and O–H groups in total. The molecule has 2 aromatic rings. The summed E-state index contributed by atoms with van der Waals surface area (Å²) in [5.74, 6) is 1.36. The van der Waals surface area contributed by atoms with Crippen molar-refractivity contribution < 1.29 is 9.53 Å². The molecule has 0 unspecified atom stereocenters. The Morgan fingerprint density at radius 3 is 2.50 bits per heavy atom. The van der Waals surface area contributed by atoms with Crippen molar-refractivity contribution in [2.75, 3.05) is 11.9 Å². The van der Waals surface area contributed by atoms with Crippen LogP contribution in [0.5, 0.6) is 5.75 Å². The maximum Gasteiger partial charge on any atom is 0.227 e. The Balaban J connectivity index is 1.82. The molecule has 1 atom stereocenters. The lowest BCUT2D eigenvalue weighted by molar-refractivity contribution is -0.116. The molecular weight excluding hydrogens is 298 g/mol. The van der Waals surface area contributed by atoms with Gasteiger partial charge in [0.2, 0.25) is 5.91 Å². The first-order valence-corrected chi connectivity index (χ1v) is 8.59. The van der Waals surface area contributed by atoms with Crippen molar-refractivity contribution in [3.05, 3.63) is 59.2 Å². The summed E-state index contributed by atoms with van der Waals surface area (Å²) in [5, 5.41) is 2.92. The van der Waals surface area contributed by atoms with Crippen molar-refractivity contribution in [2.24, 2.45) is 0 Å². The van der Waals surface area contributed by atoms with Crippen LogP contribution in [-0.2, 0) is 4.79 Å². The van der Waals surface area contributed by atoms with Crippen LogP contribution in [0, 0.1) is 13.8 Å². The van der Waals surface area contributed by atoms with E-state index in [0.717, 1.165) is 29.0 Å². The van der Waals surface area contributed by atoms with Crippen LogP contribution in [0.1, 0.15) is 49.3 Å². The quantitative estimate of drug-likeness (QED) is 0.757. The summed E-state index contributed by atoms with van der Waals surface area (Å²) in [4.78, 5) is 12.0. The topological polar surface area (TPSA) is 38.3 Å². The maximum atomic E-state index is 12.0. The Kier molecular flexibility index (Phi) is 6.42. The summed E-state index contributed by atoms with van der Waals surface area (Å²) < 4.78 is 5.73. The zero-order valence-corrected chi connectivity index (χ0v) is 15.1. The molecule has 0 aliphatic rings. The Hall–Kier alpha value is -2.29. The lowest BCUT2D eigenvalue weighted by Gasteiger charge is -2.11. The van der Waals surface area contributed by atoms with Gasteiger partial charge >= 0.3 is 0 Å². The highest BCUT2D eigenvalue weighted by Gasteiger charge is 2.06. The molecule has 0 radical (unpaired) electrons. The number of aryl methyl sites for hydroxylation is 2. The molecule has 3 heteroatoms. The van der Waals surface area contributed by atoms with Crippen molar-refractivity contribution >= 4 is 11.6 Å². The van der Waals surface area contributed by atoms with E-state index >= 15 is 0 Å². The fraction of sp³-hybridized carbons (Fsp3) is 0.381. The van der Waals surface area contributed by atoms with Crippen LogP contribution in [0.25, 0.3) is 0 Å². The number of carbonyl (C=O) groups excluding carboxylic acids is 1. The first-order valence-electron chi connectivity index (χ1n) is 8.59. The fourth-order valence-electron chi connectivity index (χ4n) is 2.47. The van der Waals surface area contributed by atoms with Crippen LogP contribution < -0.4 is 10.1 Å². The highest BCUT2D eigenvalue weighted by atomic mass is 16.5. The van der Waals surface area contributed by atoms with Crippen LogP contribution in [0.2, 0.25) is 0 Å². The van der Waals surface area contributed by atoms with Gasteiger partial charge in [0.1, 0.15) is 5.75 Å². The zero-order valence-electron chi connectivity index (χ0n) is 15.1. The molecule has 2 rings (SSSR count). The fourth-order valence-corrected chi connectivity index (χ4v) is 2.47. The van der Waals surface area contributed by atoms with Crippen molar-refractivity contribution in [3.8, 4) is 5.75 Å². The summed E-state index contributed by atoms with van der Waals surface area (Å²) in [6, 6.07) is 14.2. The van der Waals surface area contributed by atoms with Gasteiger partial charge in [0.05, 0.1) is 13.0 Å². The minimum Gasteiger partial charge on any atom is -0.493 e. The molecule has 0 aliphatic carbocycles. The Bertz CT molecular complexity index is 677. The van der Waals surface area contributed by atoms with Crippen LogP contribution in [0.3, 0.4) is 0 Å². The van der Waals surface area contributed by atoms with Gasteiger partial charge in [0.25, 0.3) is 0 Å². The lowest BCUT2D eigenvalue weighted by atomic mass is 9.99. The van der Waals surface area contributed by atoms with Gasteiger partial charge in [-0.1, -0.05) is 38.1 Å². The Morgan fingerprint density at radius 1 is 1.12 bits per heavy atom. The molecule has 0 fully saturated rings. The molecule has 0 saturated carbocycles. The van der Waals surface area contributed by atoms with Gasteiger partial charge in [-0.2, -0.15) is 0 Å². The highest BCUT2D eigenvalue weighted by molar-refractivity contribution is 5.90. The summed E-state index contributed by atoms with van der Waals surface area (Å²) in [6.45, 7) is 8.80. The van der Waals surface area contributed by atoms with Gasteiger partial charge in [0.15, 0.2) is 0 Å². The molecule has 1 amide bonds. The number of hydrogen-bond donors (Lipinski definition) is 1. The number of hydrogen-bond acceptors (Lipinski definition) is 2. The van der Waals surface area contributed by atoms with E-state index in [1.54, 1.807) is 0 Å². The van der Waals surface area contributed by atoms with Crippen LogP contribution in [0.15, 0.2) is 42.5 Å². The molecule has 128 valence electrons. The third-order valence-corrected chi connectivity index (χ3v) is 4.31. The molecule has 2 aromatic carbocycles. The van der Waals surface area contributed by atoms with Gasteiger partial charge < -0.3 is 10.1 Å². The van der Waals surface area contributed by atoms with Crippen LogP contribution >= 0.6 is 0 Å². The summed E-state index contributed by atoms with van der Waals surface area (Å²) >= 11 is 0. The predicted molar refractivity (Wildman–Crippen MR) is 99.8 cm³/mol. The van der Waals surface area contributed by atoms with E-state index in [1.165, 1.54) is 5.56 Å². The monoisotopic (exact) mass is 325 g/mol. The average molecular weight is 325 g/mol. The number of amides is 1. The van der Waals surface area contributed by atoms with Gasteiger partial charge in [-0.15, -0.1) is 0 Å². The standard InChI is InChI=1S/C21H27NO2/c1-5-16(3)18-8-10-19(11-9-18)22-21(23)12-13-24-20-14-15(2)6-7-17(20)4/h6-11,14,16H,5,12-13H2,1-4H3,(H,22,23)/t16-/m1/s1. The summed E-state index contributed by atoms with van der Waals surface area (Å²) in [5.41, 5.74) is 4.37. The van der Waals surface area contributed by atoms with E-state index < -0.39 is 0 Å². The number of benzene rings is 2. The molecular formula is C21H27NO2. The van der Waals surface area contributed by atoms with Crippen molar-refractivity contribution in [1.29, 1.82) is 0 Å².